The van der Waals surface area contributed by atoms with Gasteiger partial charge in [0.2, 0.25) is 5.91 Å². The van der Waals surface area contributed by atoms with E-state index >= 15 is 0 Å². The fourth-order valence-electron chi connectivity index (χ4n) is 2.10. The van der Waals surface area contributed by atoms with Crippen molar-refractivity contribution in [2.45, 2.75) is 19.8 Å². The predicted molar refractivity (Wildman–Crippen MR) is 77.6 cm³/mol. The molecule has 0 radical (unpaired) electrons. The highest BCUT2D eigenvalue weighted by atomic mass is 16.4. The largest absolute Gasteiger partial charge is 0.417 e. The highest BCUT2D eigenvalue weighted by Gasteiger charge is 2.14. The molecule has 0 aliphatic carbocycles. The third kappa shape index (κ3) is 2.93. The number of primary amides is 1. The van der Waals surface area contributed by atoms with E-state index < -0.39 is 11.7 Å². The predicted octanol–water partition coefficient (Wildman–Crippen LogP) is 0.795. The Morgan fingerprint density at radius 3 is 2.85 bits per heavy atom. The average molecular weight is 278 g/mol. The van der Waals surface area contributed by atoms with Crippen LogP contribution in [0.2, 0.25) is 0 Å². The lowest BCUT2D eigenvalue weighted by Crippen LogP contribution is -2.35. The number of H-pyrrole nitrogens is 1. The van der Waals surface area contributed by atoms with Gasteiger partial charge in [-0.2, -0.15) is 0 Å². The molecule has 7 nitrogen and oxygen atoms in total. The highest BCUT2D eigenvalue weighted by Crippen LogP contribution is 2.28. The Bertz CT molecular complexity index is 674. The molecule has 0 fully saturated rings. The highest BCUT2D eigenvalue weighted by molar-refractivity contribution is 5.88. The zero-order chi connectivity index (χ0) is 14.7. The first-order valence-corrected chi connectivity index (χ1v) is 6.47. The lowest BCUT2D eigenvalue weighted by Gasteiger charge is -2.24. The van der Waals surface area contributed by atoms with Gasteiger partial charge in [-0.05, 0) is 12.5 Å². The second-order valence-electron chi connectivity index (χ2n) is 4.66. The van der Waals surface area contributed by atoms with Crippen molar-refractivity contribution in [3.05, 3.63) is 22.7 Å². The molecule has 0 saturated carbocycles. The third-order valence-corrected chi connectivity index (χ3v) is 3.04. The minimum atomic E-state index is -0.536. The first-order valence-electron chi connectivity index (χ1n) is 6.47. The Hall–Kier alpha value is -2.44. The number of oxazole rings is 1. The number of hydrogen-bond donors (Lipinski definition) is 3. The quantitative estimate of drug-likeness (QED) is 0.675. The summed E-state index contributed by atoms with van der Waals surface area (Å²) in [5.41, 5.74) is 13.3. The Morgan fingerprint density at radius 1 is 1.45 bits per heavy atom. The fourth-order valence-corrected chi connectivity index (χ4v) is 2.10. The summed E-state index contributed by atoms with van der Waals surface area (Å²) in [6.07, 6.45) is 1.90. The van der Waals surface area contributed by atoms with E-state index in [1.807, 2.05) is 4.90 Å². The summed E-state index contributed by atoms with van der Waals surface area (Å²) < 4.78 is 4.94. The zero-order valence-electron chi connectivity index (χ0n) is 11.3. The molecule has 20 heavy (non-hydrogen) atoms. The molecule has 7 heteroatoms. The number of benzene rings is 1. The van der Waals surface area contributed by atoms with Crippen LogP contribution in [0.15, 0.2) is 21.3 Å². The number of rotatable bonds is 6. The van der Waals surface area contributed by atoms with Crippen molar-refractivity contribution in [2.75, 3.05) is 23.7 Å². The smallest absolute Gasteiger partial charge is 0.408 e. The van der Waals surface area contributed by atoms with Gasteiger partial charge < -0.3 is 20.8 Å². The number of nitrogen functional groups attached to an aromatic ring is 1. The number of hydrogen-bond acceptors (Lipinski definition) is 5. The second kappa shape index (κ2) is 5.68. The number of amides is 1. The van der Waals surface area contributed by atoms with Gasteiger partial charge in [-0.25, -0.2) is 4.79 Å². The third-order valence-electron chi connectivity index (χ3n) is 3.04. The zero-order valence-corrected chi connectivity index (χ0v) is 11.3. The lowest BCUT2D eigenvalue weighted by molar-refractivity contribution is -0.116. The van der Waals surface area contributed by atoms with Crippen LogP contribution in [0, 0.1) is 0 Å². The molecule has 0 saturated heterocycles. The number of aromatic amines is 1. The molecular weight excluding hydrogens is 260 g/mol. The molecule has 5 N–H and O–H groups in total. The maximum absolute atomic E-state index is 11.2. The summed E-state index contributed by atoms with van der Waals surface area (Å²) in [5, 5.41) is 0. The van der Waals surface area contributed by atoms with E-state index in [1.165, 1.54) is 0 Å². The topological polar surface area (TPSA) is 118 Å². The van der Waals surface area contributed by atoms with E-state index in [0.717, 1.165) is 12.8 Å². The molecule has 0 unspecified atom stereocenters. The number of nitrogens with zero attached hydrogens (tertiary/aromatic N) is 1. The summed E-state index contributed by atoms with van der Waals surface area (Å²) in [7, 11) is 0. The average Bonchev–Trinajstić information content (AvgIpc) is 2.72. The van der Waals surface area contributed by atoms with E-state index in [4.69, 9.17) is 15.9 Å². The summed E-state index contributed by atoms with van der Waals surface area (Å²) in [4.78, 5) is 26.8. The molecule has 0 atom stereocenters. The Labute approximate surface area is 115 Å². The minimum absolute atomic E-state index is 0.0811. The summed E-state index contributed by atoms with van der Waals surface area (Å²) in [6.45, 7) is 2.80. The SMILES string of the molecule is CCCCN(CC(N)=O)c1cc2[nH]c(=O)oc2cc1N. The monoisotopic (exact) mass is 278 g/mol. The number of nitrogens with one attached hydrogen (secondary N) is 1. The van der Waals surface area contributed by atoms with Crippen LogP contribution in [-0.2, 0) is 4.79 Å². The van der Waals surface area contributed by atoms with Gasteiger partial charge in [-0.1, -0.05) is 13.3 Å². The summed E-state index contributed by atoms with van der Waals surface area (Å²) >= 11 is 0. The van der Waals surface area contributed by atoms with Gasteiger partial charge in [0.25, 0.3) is 0 Å². The molecule has 0 bridgehead atoms. The van der Waals surface area contributed by atoms with Gasteiger partial charge in [0, 0.05) is 12.6 Å². The number of fused-ring (bicyclic) bond motifs is 1. The van der Waals surface area contributed by atoms with Gasteiger partial charge in [0.05, 0.1) is 23.4 Å². The van der Waals surface area contributed by atoms with Gasteiger partial charge in [-0.15, -0.1) is 0 Å². The van der Waals surface area contributed by atoms with Crippen molar-refractivity contribution in [3.63, 3.8) is 0 Å². The van der Waals surface area contributed by atoms with Gasteiger partial charge in [0.1, 0.15) is 0 Å². The number of anilines is 2. The van der Waals surface area contributed by atoms with Crippen LogP contribution in [0.3, 0.4) is 0 Å². The number of nitrogens with two attached hydrogens (primary N) is 2. The van der Waals surface area contributed by atoms with E-state index in [2.05, 4.69) is 11.9 Å². The number of carbonyl (C=O) groups excluding carboxylic acids is 1. The number of carbonyl (C=O) groups is 1. The second-order valence-corrected chi connectivity index (χ2v) is 4.66. The van der Waals surface area contributed by atoms with Gasteiger partial charge >= 0.3 is 5.76 Å². The van der Waals surface area contributed by atoms with Crippen molar-refractivity contribution in [3.8, 4) is 0 Å². The van der Waals surface area contributed by atoms with Gasteiger partial charge in [-0.3, -0.25) is 9.78 Å². The molecule has 0 aliphatic heterocycles. The first-order chi connectivity index (χ1) is 9.51. The molecule has 1 aromatic carbocycles. The molecule has 1 aromatic heterocycles. The van der Waals surface area contributed by atoms with Crippen molar-refractivity contribution >= 4 is 28.4 Å². The number of unbranched alkanes of at least 4 members (excludes halogenated alkanes) is 1. The van der Waals surface area contributed by atoms with Crippen LogP contribution in [-0.4, -0.2) is 24.0 Å². The lowest BCUT2D eigenvalue weighted by atomic mass is 10.2. The van der Waals surface area contributed by atoms with Gasteiger partial charge in [0.15, 0.2) is 5.58 Å². The molecule has 2 aromatic rings. The van der Waals surface area contributed by atoms with E-state index in [-0.39, 0.29) is 6.54 Å². The Morgan fingerprint density at radius 2 is 2.20 bits per heavy atom. The van der Waals surface area contributed by atoms with Crippen molar-refractivity contribution in [1.29, 1.82) is 0 Å². The molecule has 108 valence electrons. The van der Waals surface area contributed by atoms with Crippen molar-refractivity contribution in [2.24, 2.45) is 5.73 Å². The minimum Gasteiger partial charge on any atom is -0.408 e. The Kier molecular flexibility index (Phi) is 3.97. The molecule has 0 spiro atoms. The molecule has 1 amide bonds. The molecular formula is C13H18N4O3. The summed E-state index contributed by atoms with van der Waals surface area (Å²) in [6, 6.07) is 3.27. The maximum Gasteiger partial charge on any atom is 0.417 e. The van der Waals surface area contributed by atoms with E-state index in [0.29, 0.717) is 29.0 Å². The standard InChI is InChI=1S/C13H18N4O3/c1-2-3-4-17(7-12(15)18)10-6-9-11(5-8(10)14)20-13(19)16-9/h5-6H,2-4,7,14H2,1H3,(H2,15,18)(H,16,19). The first kappa shape index (κ1) is 14.0. The molecule has 2 rings (SSSR count). The van der Waals surface area contributed by atoms with Crippen LogP contribution >= 0.6 is 0 Å². The van der Waals surface area contributed by atoms with E-state index in [1.54, 1.807) is 12.1 Å². The fraction of sp³-hybridized carbons (Fsp3) is 0.385. The van der Waals surface area contributed by atoms with Crippen molar-refractivity contribution < 1.29 is 9.21 Å². The van der Waals surface area contributed by atoms with Crippen LogP contribution in [0.5, 0.6) is 0 Å². The van der Waals surface area contributed by atoms with Crippen LogP contribution in [0.25, 0.3) is 11.1 Å². The van der Waals surface area contributed by atoms with Crippen LogP contribution in [0.1, 0.15) is 19.8 Å². The van der Waals surface area contributed by atoms with E-state index in [9.17, 15) is 9.59 Å². The van der Waals surface area contributed by atoms with Crippen molar-refractivity contribution in [1.82, 2.24) is 4.98 Å². The molecule has 0 aliphatic rings. The normalized spacial score (nSPS) is 10.8. The maximum atomic E-state index is 11.2. The number of aromatic nitrogens is 1. The summed E-state index contributed by atoms with van der Waals surface area (Å²) in [5.74, 6) is -0.965. The molecule has 1 heterocycles. The Balaban J connectivity index is 2.42. The van der Waals surface area contributed by atoms with Crippen LogP contribution in [0.4, 0.5) is 11.4 Å². The van der Waals surface area contributed by atoms with Crippen LogP contribution < -0.4 is 22.1 Å².